The third-order valence-corrected chi connectivity index (χ3v) is 4.29. The molecule has 0 aliphatic carbocycles. The van der Waals surface area contributed by atoms with E-state index in [2.05, 4.69) is 40.3 Å². The van der Waals surface area contributed by atoms with E-state index in [0.717, 1.165) is 0 Å². The summed E-state index contributed by atoms with van der Waals surface area (Å²) in [5.74, 6) is 0.0856. The van der Waals surface area contributed by atoms with Crippen LogP contribution in [0.5, 0.6) is 0 Å². The van der Waals surface area contributed by atoms with E-state index in [1.807, 2.05) is 39.0 Å². The predicted octanol–water partition coefficient (Wildman–Crippen LogP) is 2.31. The topological polar surface area (TPSA) is 45.7 Å². The maximum absolute atomic E-state index is 12.2. The fourth-order valence-corrected chi connectivity index (χ4v) is 3.12. The van der Waals surface area contributed by atoms with Crippen LogP contribution in [-0.4, -0.2) is 18.0 Å². The van der Waals surface area contributed by atoms with E-state index < -0.39 is 0 Å². The second kappa shape index (κ2) is 7.38. The van der Waals surface area contributed by atoms with Crippen LogP contribution < -0.4 is 10.6 Å². The van der Waals surface area contributed by atoms with Crippen molar-refractivity contribution in [3.63, 3.8) is 0 Å². The van der Waals surface area contributed by atoms with Crippen LogP contribution in [0.15, 0.2) is 47.8 Å². The average molecular weight is 303 g/mol. The maximum atomic E-state index is 12.2. The van der Waals surface area contributed by atoms with Gasteiger partial charge in [-0.1, -0.05) is 36.4 Å². The van der Waals surface area contributed by atoms with Gasteiger partial charge in [-0.3, -0.25) is 4.79 Å². The van der Waals surface area contributed by atoms with E-state index in [-0.39, 0.29) is 24.0 Å². The van der Waals surface area contributed by atoms with E-state index in [4.69, 9.17) is 0 Å². The van der Waals surface area contributed by atoms with Crippen molar-refractivity contribution >= 4 is 17.2 Å². The van der Waals surface area contributed by atoms with Crippen molar-refractivity contribution in [2.24, 2.45) is 0 Å². The third kappa shape index (κ3) is 4.41. The lowest BCUT2D eigenvalue weighted by Gasteiger charge is -2.20. The van der Waals surface area contributed by atoms with E-state index in [9.17, 15) is 4.79 Å². The Hall–Kier alpha value is -1.65. The molecule has 0 bridgehead atoms. The SMILES string of the molecule is CC(C)NC(=O)[C@@H](C)[NH2+][C@@H](c1ccccc1)c1cccs1. The number of thiophene rings is 1. The fourth-order valence-electron chi connectivity index (χ4n) is 2.29. The van der Waals surface area contributed by atoms with Gasteiger partial charge in [0.15, 0.2) is 6.04 Å². The molecule has 0 fully saturated rings. The monoisotopic (exact) mass is 303 g/mol. The lowest BCUT2D eigenvalue weighted by molar-refractivity contribution is -0.704. The molecule has 3 N–H and O–H groups in total. The van der Waals surface area contributed by atoms with Gasteiger partial charge in [0.25, 0.3) is 5.91 Å². The van der Waals surface area contributed by atoms with Gasteiger partial charge in [-0.25, -0.2) is 0 Å². The zero-order valence-corrected chi connectivity index (χ0v) is 13.6. The molecule has 0 unspecified atom stereocenters. The smallest absolute Gasteiger partial charge is 0.278 e. The maximum Gasteiger partial charge on any atom is 0.278 e. The van der Waals surface area contributed by atoms with Gasteiger partial charge < -0.3 is 10.6 Å². The molecule has 0 aliphatic rings. The second-order valence-electron chi connectivity index (χ2n) is 5.55. The normalized spacial score (nSPS) is 13.9. The number of nitrogens with two attached hydrogens (primary N) is 1. The summed E-state index contributed by atoms with van der Waals surface area (Å²) < 4.78 is 0. The van der Waals surface area contributed by atoms with Gasteiger partial charge in [0, 0.05) is 11.6 Å². The number of hydrogen-bond donors (Lipinski definition) is 2. The molecular weight excluding hydrogens is 280 g/mol. The molecule has 0 radical (unpaired) electrons. The Balaban J connectivity index is 2.16. The van der Waals surface area contributed by atoms with Crippen molar-refractivity contribution in [1.82, 2.24) is 5.32 Å². The van der Waals surface area contributed by atoms with Crippen molar-refractivity contribution in [2.45, 2.75) is 38.9 Å². The highest BCUT2D eigenvalue weighted by molar-refractivity contribution is 7.10. The Morgan fingerprint density at radius 3 is 2.38 bits per heavy atom. The highest BCUT2D eigenvalue weighted by Gasteiger charge is 2.25. The van der Waals surface area contributed by atoms with Gasteiger partial charge >= 0.3 is 0 Å². The Labute approximate surface area is 130 Å². The van der Waals surface area contributed by atoms with E-state index >= 15 is 0 Å². The number of carbonyl (C=O) groups excluding carboxylic acids is 1. The van der Waals surface area contributed by atoms with Crippen molar-refractivity contribution in [2.75, 3.05) is 0 Å². The summed E-state index contributed by atoms with van der Waals surface area (Å²) >= 11 is 1.73. The third-order valence-electron chi connectivity index (χ3n) is 3.33. The fraction of sp³-hybridized carbons (Fsp3) is 0.353. The minimum absolute atomic E-state index is 0.0856. The molecular formula is C17H23N2OS+. The lowest BCUT2D eigenvalue weighted by Crippen LogP contribution is -2.92. The number of hydrogen-bond acceptors (Lipinski definition) is 2. The highest BCUT2D eigenvalue weighted by atomic mass is 32.1. The first-order valence-corrected chi connectivity index (χ1v) is 8.19. The average Bonchev–Trinajstić information content (AvgIpc) is 2.98. The Morgan fingerprint density at radius 1 is 1.10 bits per heavy atom. The number of amides is 1. The first-order valence-electron chi connectivity index (χ1n) is 7.31. The molecule has 2 rings (SSSR count). The molecule has 1 amide bonds. The minimum Gasteiger partial charge on any atom is -0.349 e. The molecule has 2 atom stereocenters. The largest absolute Gasteiger partial charge is 0.349 e. The van der Waals surface area contributed by atoms with Crippen LogP contribution in [0.2, 0.25) is 0 Å². The molecule has 0 saturated carbocycles. The van der Waals surface area contributed by atoms with Crippen LogP contribution in [0.25, 0.3) is 0 Å². The molecule has 0 aliphatic heterocycles. The van der Waals surface area contributed by atoms with Gasteiger partial charge in [-0.15, -0.1) is 11.3 Å². The van der Waals surface area contributed by atoms with Crippen molar-refractivity contribution < 1.29 is 10.1 Å². The molecule has 0 spiro atoms. The summed E-state index contributed by atoms with van der Waals surface area (Å²) in [6.07, 6.45) is 0. The predicted molar refractivity (Wildman–Crippen MR) is 87.3 cm³/mol. The van der Waals surface area contributed by atoms with Gasteiger partial charge in [0.1, 0.15) is 6.04 Å². The summed E-state index contributed by atoms with van der Waals surface area (Å²) in [7, 11) is 0. The zero-order chi connectivity index (χ0) is 15.2. The number of nitrogens with one attached hydrogen (secondary N) is 1. The van der Waals surface area contributed by atoms with E-state index in [1.54, 1.807) is 11.3 Å². The molecule has 0 saturated heterocycles. The second-order valence-corrected chi connectivity index (χ2v) is 6.53. The highest BCUT2D eigenvalue weighted by Crippen LogP contribution is 2.22. The number of rotatable bonds is 6. The van der Waals surface area contributed by atoms with Crippen LogP contribution in [0.3, 0.4) is 0 Å². The molecule has 1 aromatic heterocycles. The number of benzene rings is 1. The molecule has 112 valence electrons. The van der Waals surface area contributed by atoms with Crippen LogP contribution >= 0.6 is 11.3 Å². The molecule has 3 nitrogen and oxygen atoms in total. The first-order chi connectivity index (χ1) is 10.1. The van der Waals surface area contributed by atoms with Gasteiger partial charge in [-0.2, -0.15) is 0 Å². The quantitative estimate of drug-likeness (QED) is 0.845. The summed E-state index contributed by atoms with van der Waals surface area (Å²) in [5, 5.41) is 7.20. The zero-order valence-electron chi connectivity index (χ0n) is 12.7. The van der Waals surface area contributed by atoms with Crippen molar-refractivity contribution in [3.8, 4) is 0 Å². The number of carbonyl (C=O) groups is 1. The van der Waals surface area contributed by atoms with E-state index in [1.165, 1.54) is 10.4 Å². The summed E-state index contributed by atoms with van der Waals surface area (Å²) in [5.41, 5.74) is 1.23. The molecule has 21 heavy (non-hydrogen) atoms. The van der Waals surface area contributed by atoms with Gasteiger partial charge in [-0.05, 0) is 32.2 Å². The van der Waals surface area contributed by atoms with Crippen LogP contribution in [0, 0.1) is 0 Å². The van der Waals surface area contributed by atoms with Crippen molar-refractivity contribution in [3.05, 3.63) is 58.3 Å². The minimum atomic E-state index is -0.125. The van der Waals surface area contributed by atoms with Crippen molar-refractivity contribution in [1.29, 1.82) is 0 Å². The summed E-state index contributed by atoms with van der Waals surface area (Å²) in [6, 6.07) is 14.7. The molecule has 2 aromatic rings. The Morgan fingerprint density at radius 2 is 1.81 bits per heavy atom. The van der Waals surface area contributed by atoms with Crippen LogP contribution in [0.4, 0.5) is 0 Å². The molecule has 1 aromatic carbocycles. The number of quaternary nitrogens is 1. The molecule has 1 heterocycles. The van der Waals surface area contributed by atoms with Crippen LogP contribution in [0.1, 0.15) is 37.3 Å². The summed E-state index contributed by atoms with van der Waals surface area (Å²) in [4.78, 5) is 13.4. The van der Waals surface area contributed by atoms with E-state index in [0.29, 0.717) is 0 Å². The molecule has 4 heteroatoms. The first kappa shape index (κ1) is 15.7. The lowest BCUT2D eigenvalue weighted by atomic mass is 10.0. The standard InChI is InChI=1S/C17H22N2OS/c1-12(2)18-17(20)13(3)19-16(15-10-7-11-21-15)14-8-5-4-6-9-14/h4-13,16,19H,1-3H3,(H,18,20)/p+1/t13-,16+/m1/s1. The Kier molecular flexibility index (Phi) is 5.53. The van der Waals surface area contributed by atoms with Gasteiger partial charge in [0.2, 0.25) is 0 Å². The van der Waals surface area contributed by atoms with Crippen LogP contribution in [-0.2, 0) is 4.79 Å². The summed E-state index contributed by atoms with van der Waals surface area (Å²) in [6.45, 7) is 5.93. The van der Waals surface area contributed by atoms with Gasteiger partial charge in [0.05, 0.1) is 4.88 Å². The Bertz CT molecular complexity index is 551.